The summed E-state index contributed by atoms with van der Waals surface area (Å²) in [4.78, 5) is 15.4. The molecule has 0 spiro atoms. The third kappa shape index (κ3) is 4.37. The molecule has 2 N–H and O–H groups in total. The minimum atomic E-state index is -3.81. The van der Waals surface area contributed by atoms with E-state index in [0.717, 1.165) is 55.8 Å². The normalized spacial score (nSPS) is 17.8. The van der Waals surface area contributed by atoms with Crippen molar-refractivity contribution >= 4 is 27.6 Å². The third-order valence-corrected chi connectivity index (χ3v) is 7.86. The Morgan fingerprint density at radius 3 is 2.46 bits per heavy atom. The van der Waals surface area contributed by atoms with Crippen molar-refractivity contribution in [1.29, 1.82) is 0 Å². The van der Waals surface area contributed by atoms with E-state index in [-0.39, 0.29) is 17.3 Å². The smallest absolute Gasteiger partial charge is 0.329 e. The van der Waals surface area contributed by atoms with Gasteiger partial charge in [0.05, 0.1) is 34.4 Å². The van der Waals surface area contributed by atoms with Crippen LogP contribution in [0.1, 0.15) is 56.1 Å². The minimum Gasteiger partial charge on any atom is -0.384 e. The number of likely N-dealkylation sites (N-methyl/N-ethyl adjacent to an activating group) is 1. The number of rotatable bonds is 6. The number of aliphatic hydroxyl groups is 1. The lowest BCUT2D eigenvalue weighted by atomic mass is 9.91. The van der Waals surface area contributed by atoms with Gasteiger partial charge in [-0.25, -0.2) is 9.18 Å². The molecule has 1 saturated heterocycles. The van der Waals surface area contributed by atoms with E-state index in [2.05, 4.69) is 20.4 Å². The van der Waals surface area contributed by atoms with Crippen LogP contribution in [0.3, 0.4) is 0 Å². The Labute approximate surface area is 224 Å². The van der Waals surface area contributed by atoms with E-state index in [1.54, 1.807) is 18.5 Å². The quantitative estimate of drug-likeness (QED) is 0.369. The molecule has 208 valence electrons. The number of hydrogen-bond acceptors (Lipinski definition) is 6. The van der Waals surface area contributed by atoms with Gasteiger partial charge in [-0.2, -0.15) is 13.9 Å². The van der Waals surface area contributed by atoms with Crippen LogP contribution in [-0.4, -0.2) is 55.1 Å². The second-order valence-electron chi connectivity index (χ2n) is 11.1. The molecule has 1 fully saturated rings. The van der Waals surface area contributed by atoms with E-state index in [1.807, 2.05) is 30.7 Å². The van der Waals surface area contributed by atoms with Crippen LogP contribution in [0.4, 0.5) is 19.0 Å². The first-order valence-corrected chi connectivity index (χ1v) is 12.9. The Balaban J connectivity index is 1.61. The number of anilines is 1. The van der Waals surface area contributed by atoms with Crippen LogP contribution in [0.2, 0.25) is 0 Å². The molecular weight excluding hydrogens is 509 g/mol. The number of hydrogen-bond donors (Lipinski definition) is 2. The van der Waals surface area contributed by atoms with Crippen LogP contribution in [-0.2, 0) is 13.0 Å². The Kier molecular flexibility index (Phi) is 6.50. The average Bonchev–Trinajstić information content (AvgIpc) is 3.39. The predicted octanol–water partition coefficient (Wildman–Crippen LogP) is 4.64. The molecule has 8 nitrogen and oxygen atoms in total. The highest BCUT2D eigenvalue weighted by atomic mass is 19.3. The second kappa shape index (κ2) is 9.34. The van der Waals surface area contributed by atoms with Gasteiger partial charge in [-0.05, 0) is 65.9 Å². The van der Waals surface area contributed by atoms with Gasteiger partial charge in [-0.3, -0.25) is 9.13 Å². The van der Waals surface area contributed by atoms with Crippen LogP contribution in [0.5, 0.6) is 0 Å². The highest BCUT2D eigenvalue weighted by molar-refractivity contribution is 6.01. The first kappa shape index (κ1) is 27.1. The van der Waals surface area contributed by atoms with Crippen LogP contribution < -0.4 is 11.0 Å². The summed E-state index contributed by atoms with van der Waals surface area (Å²) in [5.41, 5.74) is -1.25. The average molecular weight is 543 g/mol. The molecular formula is C28H33F3N6O2. The summed E-state index contributed by atoms with van der Waals surface area (Å²) in [7, 11) is 3.77. The molecule has 1 aliphatic rings. The Morgan fingerprint density at radius 1 is 1.13 bits per heavy atom. The monoisotopic (exact) mass is 542 g/mol. The van der Waals surface area contributed by atoms with Crippen LogP contribution in [0.25, 0.3) is 21.8 Å². The molecule has 0 radical (unpaired) electrons. The number of alkyl halides is 2. The van der Waals surface area contributed by atoms with Crippen molar-refractivity contribution in [2.75, 3.05) is 25.5 Å². The zero-order chi connectivity index (χ0) is 28.4. The van der Waals surface area contributed by atoms with Crippen molar-refractivity contribution in [3.63, 3.8) is 0 Å². The van der Waals surface area contributed by atoms with E-state index >= 15 is 4.39 Å². The van der Waals surface area contributed by atoms with E-state index in [4.69, 9.17) is 0 Å². The summed E-state index contributed by atoms with van der Waals surface area (Å²) in [5.74, 6) is -4.56. The summed E-state index contributed by atoms with van der Waals surface area (Å²) in [6.45, 7) is 7.01. The molecule has 39 heavy (non-hydrogen) atoms. The molecule has 0 aliphatic carbocycles. The molecule has 0 unspecified atom stereocenters. The predicted molar refractivity (Wildman–Crippen MR) is 145 cm³/mol. The summed E-state index contributed by atoms with van der Waals surface area (Å²) < 4.78 is 48.6. The largest absolute Gasteiger partial charge is 0.384 e. The highest BCUT2D eigenvalue weighted by Crippen LogP contribution is 2.41. The van der Waals surface area contributed by atoms with E-state index in [0.29, 0.717) is 16.9 Å². The molecule has 2 atom stereocenters. The van der Waals surface area contributed by atoms with Crippen LogP contribution in [0.15, 0.2) is 35.1 Å². The van der Waals surface area contributed by atoms with Crippen molar-refractivity contribution in [3.05, 3.63) is 63.5 Å². The van der Waals surface area contributed by atoms with E-state index < -0.39 is 28.9 Å². The molecule has 0 amide bonds. The summed E-state index contributed by atoms with van der Waals surface area (Å²) in [5, 5.41) is 23.1. The number of aryl methyl sites for hydroxylation is 2. The fraction of sp³-hybridized carbons (Fsp3) is 0.464. The fourth-order valence-corrected chi connectivity index (χ4v) is 5.46. The van der Waals surface area contributed by atoms with Crippen molar-refractivity contribution < 1.29 is 18.3 Å². The maximum atomic E-state index is 15.4. The number of fused-ring (bicyclic) bond motifs is 2. The van der Waals surface area contributed by atoms with Gasteiger partial charge < -0.3 is 15.3 Å². The first-order valence-electron chi connectivity index (χ1n) is 12.9. The lowest BCUT2D eigenvalue weighted by Gasteiger charge is -2.30. The van der Waals surface area contributed by atoms with Gasteiger partial charge in [0.25, 0.3) is 0 Å². The highest BCUT2D eigenvalue weighted by Gasteiger charge is 2.49. The van der Waals surface area contributed by atoms with Gasteiger partial charge in [0, 0.05) is 29.9 Å². The zero-order valence-electron chi connectivity index (χ0n) is 22.9. The number of nitrogens with one attached hydrogen (secondary N) is 1. The van der Waals surface area contributed by atoms with Gasteiger partial charge in [0.1, 0.15) is 11.4 Å². The number of nitrogens with zero attached hydrogens (tertiary/aromatic N) is 5. The molecule has 0 saturated carbocycles. The van der Waals surface area contributed by atoms with Crippen LogP contribution in [0, 0.1) is 12.7 Å². The van der Waals surface area contributed by atoms with E-state index in [9.17, 15) is 18.7 Å². The third-order valence-electron chi connectivity index (χ3n) is 7.86. The van der Waals surface area contributed by atoms with Crippen LogP contribution >= 0.6 is 0 Å². The molecule has 1 aliphatic heterocycles. The SMILES string of the molecule is Cc1nnc(N[C@H](C)c2cccc(C(F)(F)C(C)(C)O)c2F)c2cc3c(cc12)n(C)c(=O)n3[C@@H]1CCN(C)C1. The van der Waals surface area contributed by atoms with Gasteiger partial charge in [0.2, 0.25) is 0 Å². The Hall–Kier alpha value is -3.44. The maximum absolute atomic E-state index is 15.4. The molecule has 4 aromatic rings. The number of halogens is 3. The topological polar surface area (TPSA) is 88.2 Å². The fourth-order valence-electron chi connectivity index (χ4n) is 5.46. The van der Waals surface area contributed by atoms with Gasteiger partial charge in [0.15, 0.2) is 5.82 Å². The molecule has 11 heteroatoms. The second-order valence-corrected chi connectivity index (χ2v) is 11.1. The van der Waals surface area contributed by atoms with Crippen molar-refractivity contribution in [2.24, 2.45) is 7.05 Å². The van der Waals surface area contributed by atoms with Crippen molar-refractivity contribution in [2.45, 2.75) is 57.7 Å². The molecule has 0 bridgehead atoms. The minimum absolute atomic E-state index is 0.00126. The lowest BCUT2D eigenvalue weighted by Crippen LogP contribution is -2.41. The molecule has 2 aromatic carbocycles. The Morgan fingerprint density at radius 2 is 1.82 bits per heavy atom. The summed E-state index contributed by atoms with van der Waals surface area (Å²) in [6, 6.07) is 6.82. The summed E-state index contributed by atoms with van der Waals surface area (Å²) >= 11 is 0. The van der Waals surface area contributed by atoms with Gasteiger partial charge >= 0.3 is 11.6 Å². The van der Waals surface area contributed by atoms with Crippen molar-refractivity contribution in [3.8, 4) is 0 Å². The molecule has 3 heterocycles. The lowest BCUT2D eigenvalue weighted by molar-refractivity contribution is -0.170. The molecule has 5 rings (SSSR count). The van der Waals surface area contributed by atoms with E-state index in [1.165, 1.54) is 12.1 Å². The van der Waals surface area contributed by atoms with Crippen molar-refractivity contribution in [1.82, 2.24) is 24.2 Å². The zero-order valence-corrected chi connectivity index (χ0v) is 22.9. The van der Waals surface area contributed by atoms with Gasteiger partial charge in [-0.1, -0.05) is 12.1 Å². The number of likely N-dealkylation sites (tertiary alicyclic amines) is 1. The molecule has 2 aromatic heterocycles. The Bertz CT molecular complexity index is 1640. The first-order chi connectivity index (χ1) is 18.2. The van der Waals surface area contributed by atoms with Gasteiger partial charge in [-0.15, -0.1) is 5.10 Å². The standard InChI is InChI=1S/C28H33F3N6O2/c1-15(18-8-7-9-21(24(18)29)28(30,31)27(3,4)39)32-25-20-13-23-22(12-19(20)16(2)33-34-25)36(6)26(38)37(23)17-10-11-35(5)14-17/h7-9,12-13,15,17,39H,10-11,14H2,1-6H3,(H,32,34)/t15-,17-/m1/s1. The maximum Gasteiger partial charge on any atom is 0.329 e. The number of aromatic nitrogens is 4. The summed E-state index contributed by atoms with van der Waals surface area (Å²) in [6.07, 6.45) is 0.855. The number of benzene rings is 2. The number of imidazole rings is 1.